The van der Waals surface area contributed by atoms with Gasteiger partial charge >= 0.3 is 0 Å². The highest BCUT2D eigenvalue weighted by Crippen LogP contribution is 2.33. The Morgan fingerprint density at radius 3 is 2.32 bits per heavy atom. The van der Waals surface area contributed by atoms with Gasteiger partial charge in [0, 0.05) is 11.1 Å². The summed E-state index contributed by atoms with van der Waals surface area (Å²) in [6, 6.07) is 20.3. The molecule has 2 aromatic heterocycles. The summed E-state index contributed by atoms with van der Waals surface area (Å²) in [6.45, 7) is 6.57. The summed E-state index contributed by atoms with van der Waals surface area (Å²) in [7, 11) is 0. The van der Waals surface area contributed by atoms with Crippen molar-refractivity contribution in [1.82, 2.24) is 15.4 Å². The Morgan fingerprint density at radius 2 is 1.61 bits per heavy atom. The summed E-state index contributed by atoms with van der Waals surface area (Å²) in [6.07, 6.45) is 0. The number of hydrogen-bond donors (Lipinski definition) is 1. The number of nitrogens with zero attached hydrogens (tertiary/aromatic N) is 3. The molecule has 2 aromatic carbocycles. The highest BCUT2D eigenvalue weighted by molar-refractivity contribution is 5.77. The van der Waals surface area contributed by atoms with Crippen LogP contribution in [0.2, 0.25) is 0 Å². The molecule has 0 amide bonds. The van der Waals surface area contributed by atoms with Crippen LogP contribution >= 0.6 is 0 Å². The van der Waals surface area contributed by atoms with E-state index < -0.39 is 0 Å². The minimum Gasteiger partial charge on any atom is -0.415 e. The summed E-state index contributed by atoms with van der Waals surface area (Å²) in [5.41, 5.74) is 3.72. The highest BCUT2D eigenvalue weighted by atomic mass is 16.5. The van der Waals surface area contributed by atoms with Crippen molar-refractivity contribution in [1.29, 1.82) is 0 Å². The maximum Gasteiger partial charge on any atom is 0.271 e. The van der Waals surface area contributed by atoms with Gasteiger partial charge in [-0.1, -0.05) is 65.8 Å². The highest BCUT2D eigenvalue weighted by Gasteiger charge is 2.23. The quantitative estimate of drug-likeness (QED) is 0.537. The lowest BCUT2D eigenvalue weighted by Gasteiger charge is -2.15. The summed E-state index contributed by atoms with van der Waals surface area (Å²) in [5.74, 6) is 1.73. The summed E-state index contributed by atoms with van der Waals surface area (Å²) in [5, 5.41) is 12.7. The fraction of sp³-hybridized carbons (Fsp3) is 0.227. The van der Waals surface area contributed by atoms with Crippen molar-refractivity contribution >= 4 is 0 Å². The Hall–Kier alpha value is -3.25. The molecule has 0 spiro atoms. The van der Waals surface area contributed by atoms with Crippen LogP contribution in [0.1, 0.15) is 24.1 Å². The third-order valence-electron chi connectivity index (χ3n) is 4.79. The number of quaternary nitrogens is 1. The third-order valence-corrected chi connectivity index (χ3v) is 4.79. The second-order valence-electron chi connectivity index (χ2n) is 6.77. The summed E-state index contributed by atoms with van der Waals surface area (Å²) in [4.78, 5) is 1.35. The number of nitrogens with one attached hydrogen (secondary N) is 1. The van der Waals surface area contributed by atoms with Crippen LogP contribution in [0.15, 0.2) is 69.6 Å². The van der Waals surface area contributed by atoms with Crippen LogP contribution in [0.4, 0.5) is 0 Å². The van der Waals surface area contributed by atoms with E-state index in [1.54, 1.807) is 0 Å². The number of rotatable bonds is 7. The minimum atomic E-state index is 0.447. The lowest BCUT2D eigenvalue weighted by Crippen LogP contribution is -3.09. The maximum atomic E-state index is 6.00. The first kappa shape index (κ1) is 18.1. The van der Waals surface area contributed by atoms with Crippen LogP contribution in [-0.4, -0.2) is 21.9 Å². The van der Waals surface area contributed by atoms with E-state index in [1.165, 1.54) is 10.5 Å². The van der Waals surface area contributed by atoms with Gasteiger partial charge in [0.15, 0.2) is 6.54 Å². The minimum absolute atomic E-state index is 0.447. The van der Waals surface area contributed by atoms with Crippen molar-refractivity contribution in [2.45, 2.75) is 26.9 Å². The molecule has 1 N–H and O–H groups in total. The molecule has 0 aliphatic heterocycles. The van der Waals surface area contributed by atoms with Gasteiger partial charge in [-0.15, -0.1) is 10.2 Å². The lowest BCUT2D eigenvalue weighted by atomic mass is 10.1. The molecule has 0 aliphatic rings. The van der Waals surface area contributed by atoms with Crippen molar-refractivity contribution in [3.05, 3.63) is 77.9 Å². The Labute approximate surface area is 163 Å². The van der Waals surface area contributed by atoms with Crippen molar-refractivity contribution in [2.75, 3.05) is 6.54 Å². The van der Waals surface area contributed by atoms with E-state index in [0.717, 1.165) is 29.9 Å². The molecule has 1 unspecified atom stereocenters. The van der Waals surface area contributed by atoms with Crippen LogP contribution in [0, 0.1) is 6.92 Å². The van der Waals surface area contributed by atoms with E-state index in [0.29, 0.717) is 24.1 Å². The molecule has 0 saturated carbocycles. The average molecular weight is 375 g/mol. The van der Waals surface area contributed by atoms with Gasteiger partial charge in [0.2, 0.25) is 0 Å². The van der Waals surface area contributed by atoms with E-state index in [9.17, 15) is 0 Å². The monoisotopic (exact) mass is 375 g/mol. The van der Waals surface area contributed by atoms with Gasteiger partial charge < -0.3 is 13.8 Å². The normalized spacial score (nSPS) is 12.2. The number of aromatic nitrogens is 3. The zero-order valence-corrected chi connectivity index (χ0v) is 16.1. The molecular weight excluding hydrogens is 352 g/mol. The molecule has 1 atom stereocenters. The predicted octanol–water partition coefficient (Wildman–Crippen LogP) is 3.31. The van der Waals surface area contributed by atoms with Crippen molar-refractivity contribution in [3.63, 3.8) is 0 Å². The van der Waals surface area contributed by atoms with E-state index in [2.05, 4.69) is 46.5 Å². The molecule has 28 heavy (non-hydrogen) atoms. The van der Waals surface area contributed by atoms with Crippen LogP contribution in [0.25, 0.3) is 22.7 Å². The van der Waals surface area contributed by atoms with E-state index >= 15 is 0 Å². The van der Waals surface area contributed by atoms with Gasteiger partial charge in [-0.25, -0.2) is 0 Å². The predicted molar refractivity (Wildman–Crippen MR) is 105 cm³/mol. The molecule has 0 fully saturated rings. The molecular formula is C22H23N4O2+. The molecule has 6 nitrogen and oxygen atoms in total. The molecule has 4 rings (SSSR count). The van der Waals surface area contributed by atoms with Gasteiger partial charge in [0.05, 0.1) is 6.54 Å². The molecule has 4 aromatic rings. The largest absolute Gasteiger partial charge is 0.415 e. The van der Waals surface area contributed by atoms with Crippen molar-refractivity contribution < 1.29 is 13.8 Å². The number of hydrogen-bond acceptors (Lipinski definition) is 5. The third kappa shape index (κ3) is 3.87. The van der Waals surface area contributed by atoms with E-state index in [1.807, 2.05) is 43.3 Å². The Balaban J connectivity index is 1.56. The first-order valence-electron chi connectivity index (χ1n) is 9.46. The Kier molecular flexibility index (Phi) is 5.30. The molecule has 0 saturated heterocycles. The Morgan fingerprint density at radius 1 is 0.893 bits per heavy atom. The second kappa shape index (κ2) is 8.19. The van der Waals surface area contributed by atoms with Crippen LogP contribution < -0.4 is 4.90 Å². The van der Waals surface area contributed by atoms with Crippen molar-refractivity contribution in [2.24, 2.45) is 0 Å². The average Bonchev–Trinajstić information content (AvgIpc) is 3.35. The number of benzene rings is 2. The van der Waals surface area contributed by atoms with Gasteiger partial charge in [-0.05, 0) is 13.8 Å². The van der Waals surface area contributed by atoms with Gasteiger partial charge in [0.1, 0.15) is 23.6 Å². The standard InChI is InChI=1S/C22H22N4O2/c1-3-26(14-17-10-6-4-7-11-17)15-19-23-24-22(27-19)20-16(2)28-25-21(20)18-12-8-5-9-13-18/h4-13H,3,14-15H2,1-2H3/p+1. The fourth-order valence-electron chi connectivity index (χ4n) is 3.25. The number of aryl methyl sites for hydroxylation is 1. The van der Waals surface area contributed by atoms with Gasteiger partial charge in [-0.3, -0.25) is 0 Å². The summed E-state index contributed by atoms with van der Waals surface area (Å²) < 4.78 is 11.4. The molecule has 0 bridgehead atoms. The first-order valence-corrected chi connectivity index (χ1v) is 9.46. The molecule has 2 heterocycles. The fourth-order valence-corrected chi connectivity index (χ4v) is 3.25. The molecule has 6 heteroatoms. The molecule has 142 valence electrons. The van der Waals surface area contributed by atoms with E-state index in [4.69, 9.17) is 8.94 Å². The zero-order chi connectivity index (χ0) is 19.3. The van der Waals surface area contributed by atoms with E-state index in [-0.39, 0.29) is 0 Å². The van der Waals surface area contributed by atoms with Gasteiger partial charge in [-0.2, -0.15) is 0 Å². The smallest absolute Gasteiger partial charge is 0.271 e. The van der Waals surface area contributed by atoms with Gasteiger partial charge in [0.25, 0.3) is 11.8 Å². The van der Waals surface area contributed by atoms with Crippen LogP contribution in [0.3, 0.4) is 0 Å². The van der Waals surface area contributed by atoms with Crippen LogP contribution in [-0.2, 0) is 13.1 Å². The molecule has 0 radical (unpaired) electrons. The second-order valence-corrected chi connectivity index (χ2v) is 6.77. The Bertz CT molecular complexity index is 1030. The SMILES string of the molecule is CC[NH+](Cc1ccccc1)Cc1nnc(-c2c(-c3ccccc3)noc2C)o1. The first-order chi connectivity index (χ1) is 13.7. The van der Waals surface area contributed by atoms with Crippen molar-refractivity contribution in [3.8, 4) is 22.7 Å². The maximum absolute atomic E-state index is 6.00. The molecule has 0 aliphatic carbocycles. The topological polar surface area (TPSA) is 69.4 Å². The van der Waals surface area contributed by atoms with Crippen LogP contribution in [0.5, 0.6) is 0 Å². The zero-order valence-electron chi connectivity index (χ0n) is 16.1. The summed E-state index contributed by atoms with van der Waals surface area (Å²) >= 11 is 0. The lowest BCUT2D eigenvalue weighted by molar-refractivity contribution is -0.927.